The number of rotatable bonds is 3. The van der Waals surface area contributed by atoms with E-state index in [0.29, 0.717) is 0 Å². The van der Waals surface area contributed by atoms with Crippen molar-refractivity contribution in [2.24, 2.45) is 11.7 Å². The molecule has 0 aliphatic rings. The molecule has 0 unspecified atom stereocenters. The Morgan fingerprint density at radius 3 is 2.50 bits per heavy atom. The number of carbonyl (C=O) groups is 1. The van der Waals surface area contributed by atoms with Crippen LogP contribution in [0.1, 0.15) is 13.8 Å². The van der Waals surface area contributed by atoms with E-state index in [9.17, 15) is 4.79 Å². The number of amides is 1. The summed E-state index contributed by atoms with van der Waals surface area (Å²) in [6.45, 7) is 3.84. The van der Waals surface area contributed by atoms with E-state index in [0.717, 1.165) is 14.6 Å². The first-order valence-electron chi connectivity index (χ1n) is 4.93. The Morgan fingerprint density at radius 2 is 2.00 bits per heavy atom. The Balaban J connectivity index is 2.77. The first-order chi connectivity index (χ1) is 7.41. The van der Waals surface area contributed by atoms with Crippen LogP contribution in [0.4, 0.5) is 5.69 Å². The van der Waals surface area contributed by atoms with Gasteiger partial charge >= 0.3 is 0 Å². The second-order valence-corrected chi connectivity index (χ2v) is 5.65. The Labute approximate surface area is 112 Å². The minimum Gasteiger partial charge on any atom is -0.324 e. The largest absolute Gasteiger partial charge is 0.324 e. The quantitative estimate of drug-likeness (QED) is 0.880. The van der Waals surface area contributed by atoms with Gasteiger partial charge < -0.3 is 11.1 Å². The molecule has 88 valence electrons. The monoisotopic (exact) mass is 348 g/mol. The average Bonchev–Trinajstić information content (AvgIpc) is 2.20. The lowest BCUT2D eigenvalue weighted by atomic mass is 10.1. The third-order valence-corrected chi connectivity index (χ3v) is 3.36. The summed E-state index contributed by atoms with van der Waals surface area (Å²) in [6, 6.07) is 5.06. The molecule has 0 bridgehead atoms. The van der Waals surface area contributed by atoms with Crippen LogP contribution in [-0.2, 0) is 4.79 Å². The van der Waals surface area contributed by atoms with Gasteiger partial charge in [0.1, 0.15) is 0 Å². The van der Waals surface area contributed by atoms with Crippen LogP contribution in [0, 0.1) is 5.92 Å². The molecule has 1 rings (SSSR count). The van der Waals surface area contributed by atoms with E-state index in [1.165, 1.54) is 0 Å². The lowest BCUT2D eigenvalue weighted by molar-refractivity contribution is -0.118. The van der Waals surface area contributed by atoms with Crippen LogP contribution in [0.15, 0.2) is 27.1 Å². The van der Waals surface area contributed by atoms with Crippen LogP contribution >= 0.6 is 31.9 Å². The summed E-state index contributed by atoms with van der Waals surface area (Å²) in [7, 11) is 0. The molecule has 0 aromatic heterocycles. The summed E-state index contributed by atoms with van der Waals surface area (Å²) < 4.78 is 1.77. The fourth-order valence-electron chi connectivity index (χ4n) is 1.11. The zero-order valence-electron chi connectivity index (χ0n) is 9.13. The van der Waals surface area contributed by atoms with Crippen molar-refractivity contribution >= 4 is 43.5 Å². The molecule has 0 saturated carbocycles. The summed E-state index contributed by atoms with van der Waals surface area (Å²) in [4.78, 5) is 11.7. The highest BCUT2D eigenvalue weighted by Crippen LogP contribution is 2.26. The highest BCUT2D eigenvalue weighted by atomic mass is 79.9. The maximum absolute atomic E-state index is 11.7. The molecule has 1 aromatic carbocycles. The van der Waals surface area contributed by atoms with E-state index >= 15 is 0 Å². The normalized spacial score (nSPS) is 12.6. The molecule has 1 aromatic rings. The Bertz CT molecular complexity index is 394. The molecule has 0 aliphatic heterocycles. The zero-order valence-corrected chi connectivity index (χ0v) is 12.3. The predicted molar refractivity (Wildman–Crippen MR) is 73.3 cm³/mol. The maximum Gasteiger partial charge on any atom is 0.241 e. The molecule has 0 fully saturated rings. The van der Waals surface area contributed by atoms with Crippen LogP contribution in [0.5, 0.6) is 0 Å². The molecule has 0 heterocycles. The summed E-state index contributed by atoms with van der Waals surface area (Å²) >= 11 is 6.72. The van der Waals surface area contributed by atoms with Crippen molar-refractivity contribution in [3.8, 4) is 0 Å². The molecular formula is C11H14Br2N2O. The molecule has 3 nitrogen and oxygen atoms in total. The van der Waals surface area contributed by atoms with Crippen LogP contribution in [0.25, 0.3) is 0 Å². The van der Waals surface area contributed by atoms with Gasteiger partial charge in [-0.2, -0.15) is 0 Å². The molecule has 5 heteroatoms. The van der Waals surface area contributed by atoms with Gasteiger partial charge in [0.05, 0.1) is 11.7 Å². The SMILES string of the molecule is CC(C)[C@H](N)C(=O)Nc1ccc(Br)cc1Br. The second-order valence-electron chi connectivity index (χ2n) is 3.88. The van der Waals surface area contributed by atoms with Crippen molar-refractivity contribution < 1.29 is 4.79 Å². The number of carbonyl (C=O) groups excluding carboxylic acids is 1. The minimum absolute atomic E-state index is 0.120. The number of nitrogens with two attached hydrogens (primary N) is 1. The van der Waals surface area contributed by atoms with Gasteiger partial charge in [0, 0.05) is 8.95 Å². The highest BCUT2D eigenvalue weighted by Gasteiger charge is 2.17. The predicted octanol–water partition coefficient (Wildman–Crippen LogP) is 3.13. The molecule has 0 saturated heterocycles. The summed E-state index contributed by atoms with van der Waals surface area (Å²) in [5.74, 6) is -0.0488. The first kappa shape index (κ1) is 13.7. The van der Waals surface area contributed by atoms with E-state index < -0.39 is 6.04 Å². The third kappa shape index (κ3) is 3.57. The third-order valence-electron chi connectivity index (χ3n) is 2.21. The van der Waals surface area contributed by atoms with Gasteiger partial charge in [-0.1, -0.05) is 29.8 Å². The lowest BCUT2D eigenvalue weighted by Crippen LogP contribution is -2.39. The van der Waals surface area contributed by atoms with E-state index in [2.05, 4.69) is 37.2 Å². The van der Waals surface area contributed by atoms with Crippen molar-refractivity contribution in [1.82, 2.24) is 0 Å². The van der Waals surface area contributed by atoms with Crippen LogP contribution in [0.2, 0.25) is 0 Å². The van der Waals surface area contributed by atoms with Crippen molar-refractivity contribution in [1.29, 1.82) is 0 Å². The van der Waals surface area contributed by atoms with Gasteiger partial charge in [-0.3, -0.25) is 4.79 Å². The van der Waals surface area contributed by atoms with E-state index in [4.69, 9.17) is 5.73 Å². The number of hydrogen-bond acceptors (Lipinski definition) is 2. The van der Waals surface area contributed by atoms with Gasteiger partial charge in [-0.25, -0.2) is 0 Å². The number of hydrogen-bond donors (Lipinski definition) is 2. The average molecular weight is 350 g/mol. The summed E-state index contributed by atoms with van der Waals surface area (Å²) in [6.07, 6.45) is 0. The van der Waals surface area contributed by atoms with Crippen molar-refractivity contribution in [2.45, 2.75) is 19.9 Å². The first-order valence-corrected chi connectivity index (χ1v) is 6.52. The van der Waals surface area contributed by atoms with Crippen LogP contribution < -0.4 is 11.1 Å². The summed E-state index contributed by atoms with van der Waals surface area (Å²) in [5.41, 5.74) is 6.48. The fraction of sp³-hybridized carbons (Fsp3) is 0.364. The van der Waals surface area contributed by atoms with Crippen LogP contribution in [0.3, 0.4) is 0 Å². The Hall–Kier alpha value is -0.390. The van der Waals surface area contributed by atoms with Crippen LogP contribution in [-0.4, -0.2) is 11.9 Å². The maximum atomic E-state index is 11.7. The second kappa shape index (κ2) is 5.80. The van der Waals surface area contributed by atoms with Crippen molar-refractivity contribution in [3.05, 3.63) is 27.1 Å². The molecule has 0 aliphatic carbocycles. The fourth-order valence-corrected chi connectivity index (χ4v) is 2.26. The van der Waals surface area contributed by atoms with Gasteiger partial charge in [0.2, 0.25) is 5.91 Å². The standard InChI is InChI=1S/C11H14Br2N2O/c1-6(2)10(14)11(16)15-9-4-3-7(12)5-8(9)13/h3-6,10H,14H2,1-2H3,(H,15,16)/t10-/m0/s1. The van der Waals surface area contributed by atoms with E-state index in [1.54, 1.807) is 0 Å². The molecule has 1 atom stereocenters. The molecule has 0 radical (unpaired) electrons. The van der Waals surface area contributed by atoms with Crippen molar-refractivity contribution in [2.75, 3.05) is 5.32 Å². The van der Waals surface area contributed by atoms with E-state index in [1.807, 2.05) is 32.0 Å². The molecule has 1 amide bonds. The molecular weight excluding hydrogens is 336 g/mol. The topological polar surface area (TPSA) is 55.1 Å². The highest BCUT2D eigenvalue weighted by molar-refractivity contribution is 9.11. The molecule has 0 spiro atoms. The molecule has 16 heavy (non-hydrogen) atoms. The molecule has 3 N–H and O–H groups in total. The Kier molecular flexibility index (Phi) is 4.95. The van der Waals surface area contributed by atoms with Gasteiger partial charge in [0.25, 0.3) is 0 Å². The smallest absolute Gasteiger partial charge is 0.241 e. The van der Waals surface area contributed by atoms with Crippen molar-refractivity contribution in [3.63, 3.8) is 0 Å². The van der Waals surface area contributed by atoms with Gasteiger partial charge in [-0.05, 0) is 40.0 Å². The number of benzene rings is 1. The van der Waals surface area contributed by atoms with Gasteiger partial charge in [-0.15, -0.1) is 0 Å². The zero-order chi connectivity index (χ0) is 12.3. The van der Waals surface area contributed by atoms with Gasteiger partial charge in [0.15, 0.2) is 0 Å². The lowest BCUT2D eigenvalue weighted by Gasteiger charge is -2.16. The number of halogens is 2. The van der Waals surface area contributed by atoms with E-state index in [-0.39, 0.29) is 11.8 Å². The Morgan fingerprint density at radius 1 is 1.38 bits per heavy atom. The number of anilines is 1. The number of nitrogens with one attached hydrogen (secondary N) is 1. The summed E-state index contributed by atoms with van der Waals surface area (Å²) in [5, 5.41) is 2.79. The minimum atomic E-state index is -0.490.